The average molecular weight is 535 g/mol. The Balaban J connectivity index is 2.30. The van der Waals surface area contributed by atoms with E-state index in [1.54, 1.807) is 0 Å². The third-order valence-corrected chi connectivity index (χ3v) is 19.7. The molecule has 2 saturated carbocycles. The van der Waals surface area contributed by atoms with Crippen molar-refractivity contribution < 1.29 is 13.6 Å². The first-order valence-electron chi connectivity index (χ1n) is 15.4. The molecule has 208 valence electrons. The summed E-state index contributed by atoms with van der Waals surface area (Å²) in [6.07, 6.45) is 14.4. The van der Waals surface area contributed by atoms with Crippen molar-refractivity contribution in [1.82, 2.24) is 0 Å². The molecule has 0 aromatic carbocycles. The monoisotopic (exact) mass is 534 g/mol. The van der Waals surface area contributed by atoms with Crippen LogP contribution in [0.25, 0.3) is 0 Å². The Morgan fingerprint density at radius 3 is 2.03 bits per heavy atom. The number of carbonyl (C=O) groups is 1. The number of allylic oxidation sites excluding steroid dienone is 2. The summed E-state index contributed by atoms with van der Waals surface area (Å²) in [5, 5.41) is 0. The summed E-state index contributed by atoms with van der Waals surface area (Å²) in [5.74, 6) is 1.64. The van der Waals surface area contributed by atoms with Crippen LogP contribution in [0.1, 0.15) is 93.4 Å². The number of carbonyl (C=O) groups excluding carboxylic acids is 1. The van der Waals surface area contributed by atoms with Crippen molar-refractivity contribution in [3.8, 4) is 0 Å². The summed E-state index contributed by atoms with van der Waals surface area (Å²) in [7, 11) is -3.52. The third kappa shape index (κ3) is 6.55. The molecule has 0 radical (unpaired) electrons. The van der Waals surface area contributed by atoms with Crippen molar-refractivity contribution in [2.75, 3.05) is 6.61 Å². The summed E-state index contributed by atoms with van der Waals surface area (Å²) < 4.78 is 14.1. The zero-order valence-electron chi connectivity index (χ0n) is 24.9. The summed E-state index contributed by atoms with van der Waals surface area (Å²) in [6.45, 7) is 21.1. The van der Waals surface area contributed by atoms with Crippen LogP contribution in [0.15, 0.2) is 24.8 Å². The predicted octanol–water partition coefficient (Wildman–Crippen LogP) is 9.32. The van der Waals surface area contributed by atoms with Gasteiger partial charge in [-0.3, -0.25) is 4.79 Å². The smallest absolute Gasteiger partial charge is 0.193 e. The lowest BCUT2D eigenvalue weighted by Crippen LogP contribution is -2.50. The van der Waals surface area contributed by atoms with E-state index in [4.69, 9.17) is 8.85 Å². The Labute approximate surface area is 226 Å². The van der Waals surface area contributed by atoms with Crippen LogP contribution in [0.4, 0.5) is 0 Å². The van der Waals surface area contributed by atoms with Crippen LogP contribution in [0.3, 0.4) is 0 Å². The molecular formula is C31H58O3Si2. The van der Waals surface area contributed by atoms with E-state index < -0.39 is 22.2 Å². The summed E-state index contributed by atoms with van der Waals surface area (Å²) in [4.78, 5) is 13.5. The zero-order valence-corrected chi connectivity index (χ0v) is 26.9. The van der Waals surface area contributed by atoms with E-state index in [0.717, 1.165) is 31.2 Å². The molecule has 0 unspecified atom stereocenters. The first kappa shape index (κ1) is 31.7. The van der Waals surface area contributed by atoms with Crippen molar-refractivity contribution in [2.24, 2.45) is 23.7 Å². The molecule has 2 fully saturated rings. The van der Waals surface area contributed by atoms with E-state index in [-0.39, 0.29) is 5.92 Å². The largest absolute Gasteiger partial charge is 0.417 e. The van der Waals surface area contributed by atoms with E-state index >= 15 is 0 Å². The molecule has 2 aliphatic carbocycles. The van der Waals surface area contributed by atoms with Gasteiger partial charge >= 0.3 is 0 Å². The molecule has 3 nitrogen and oxygen atoms in total. The lowest BCUT2D eigenvalue weighted by atomic mass is 9.74. The van der Waals surface area contributed by atoms with Gasteiger partial charge in [0.15, 0.2) is 16.6 Å². The number of Topliss-reactive ketones (excluding diaryl/α,β-unsaturated/α-hetero) is 1. The van der Waals surface area contributed by atoms with Gasteiger partial charge < -0.3 is 8.85 Å². The fourth-order valence-corrected chi connectivity index (χ4v) is 13.3. The van der Waals surface area contributed by atoms with Gasteiger partial charge in [-0.05, 0) is 80.7 Å². The minimum atomic E-state index is -1.90. The number of hydrogen-bond acceptors (Lipinski definition) is 3. The van der Waals surface area contributed by atoms with Crippen LogP contribution in [-0.4, -0.2) is 34.6 Å². The molecule has 0 aromatic rings. The van der Waals surface area contributed by atoms with E-state index in [1.807, 2.05) is 0 Å². The van der Waals surface area contributed by atoms with Gasteiger partial charge in [0.25, 0.3) is 0 Å². The zero-order chi connectivity index (χ0) is 26.8. The van der Waals surface area contributed by atoms with Crippen LogP contribution in [-0.2, 0) is 13.6 Å². The van der Waals surface area contributed by atoms with E-state index in [9.17, 15) is 4.79 Å². The van der Waals surface area contributed by atoms with E-state index in [1.165, 1.54) is 50.2 Å². The van der Waals surface area contributed by atoms with Crippen molar-refractivity contribution in [3.05, 3.63) is 24.8 Å². The quantitative estimate of drug-likeness (QED) is 0.0940. The maximum absolute atomic E-state index is 13.5. The Morgan fingerprint density at radius 1 is 0.889 bits per heavy atom. The first-order valence-corrected chi connectivity index (χ1v) is 20.5. The normalized spacial score (nSPS) is 28.5. The molecule has 0 heterocycles. The summed E-state index contributed by atoms with van der Waals surface area (Å²) >= 11 is 0. The highest BCUT2D eigenvalue weighted by Gasteiger charge is 2.67. The van der Waals surface area contributed by atoms with Crippen molar-refractivity contribution in [1.29, 1.82) is 0 Å². The standard InChI is InChI=1S/C31H58O3Si2/c1-9-17-18-19-20-21-22-26-27(23-24-33-35(11-3,12-4)13-5)30-29(32)25-28(26)31(30,10-2)34-36(14-6,15-7)16-8/h9-10,17,26-28,30H,2,11-16,18-25H2,1,3-8H3/b17-9+/t26-,27-,28+,30+,31-/m0/s1. The Bertz CT molecular complexity index is 696. The minimum absolute atomic E-state index is 0.0194. The topological polar surface area (TPSA) is 35.5 Å². The van der Waals surface area contributed by atoms with Gasteiger partial charge in [-0.1, -0.05) is 72.6 Å². The van der Waals surface area contributed by atoms with Crippen LogP contribution < -0.4 is 0 Å². The fraction of sp³-hybridized carbons (Fsp3) is 0.839. The number of rotatable bonds is 19. The highest BCUT2D eigenvalue weighted by molar-refractivity contribution is 6.74. The molecule has 0 aromatic heterocycles. The molecule has 0 amide bonds. The van der Waals surface area contributed by atoms with Crippen molar-refractivity contribution in [2.45, 2.75) is 135 Å². The maximum atomic E-state index is 13.5. The van der Waals surface area contributed by atoms with Crippen molar-refractivity contribution in [3.63, 3.8) is 0 Å². The van der Waals surface area contributed by atoms with Crippen LogP contribution in [0, 0.1) is 23.7 Å². The third-order valence-electron chi connectivity index (χ3n) is 10.4. The van der Waals surface area contributed by atoms with E-state index in [0.29, 0.717) is 30.0 Å². The molecular weight excluding hydrogens is 477 g/mol. The average Bonchev–Trinajstić information content (AvgIpc) is 3.32. The fourth-order valence-electron chi connectivity index (χ4n) is 7.64. The molecule has 0 aliphatic heterocycles. The van der Waals surface area contributed by atoms with Gasteiger partial charge in [-0.25, -0.2) is 0 Å². The van der Waals surface area contributed by atoms with Crippen LogP contribution in [0.5, 0.6) is 0 Å². The van der Waals surface area contributed by atoms with Gasteiger partial charge in [0, 0.05) is 18.9 Å². The second kappa shape index (κ2) is 14.6. The van der Waals surface area contributed by atoms with E-state index in [2.05, 4.69) is 73.3 Å². The number of ketones is 1. The number of hydrogen-bond donors (Lipinski definition) is 0. The second-order valence-corrected chi connectivity index (χ2v) is 21.0. The SMILES string of the molecule is C=C[C@]1(O[Si](CC)(CC)CC)[C@@H]2CC(=O)[C@H]1[C@@H](CCO[Si](CC)(CC)CC)[C@@H]2CCCCC/C=C/C. The lowest BCUT2D eigenvalue weighted by molar-refractivity contribution is -0.126. The van der Waals surface area contributed by atoms with Gasteiger partial charge in [-0.2, -0.15) is 0 Å². The molecule has 5 atom stereocenters. The van der Waals surface area contributed by atoms with Gasteiger partial charge in [-0.15, -0.1) is 6.58 Å². The molecule has 2 rings (SSSR count). The van der Waals surface area contributed by atoms with Gasteiger partial charge in [0.1, 0.15) is 5.78 Å². The van der Waals surface area contributed by atoms with Gasteiger partial charge in [0.2, 0.25) is 0 Å². The molecule has 0 saturated heterocycles. The lowest BCUT2D eigenvalue weighted by Gasteiger charge is -2.42. The minimum Gasteiger partial charge on any atom is -0.417 e. The molecule has 2 bridgehead atoms. The Hall–Kier alpha value is -0.496. The molecule has 0 spiro atoms. The van der Waals surface area contributed by atoms with Crippen LogP contribution >= 0.6 is 0 Å². The molecule has 2 aliphatic rings. The highest BCUT2D eigenvalue weighted by atomic mass is 28.4. The molecule has 5 heteroatoms. The second-order valence-electron chi connectivity index (χ2n) is 11.6. The highest BCUT2D eigenvalue weighted by Crippen LogP contribution is 2.62. The molecule has 36 heavy (non-hydrogen) atoms. The maximum Gasteiger partial charge on any atom is 0.193 e. The molecule has 0 N–H and O–H groups in total. The first-order chi connectivity index (χ1) is 17.3. The summed E-state index contributed by atoms with van der Waals surface area (Å²) in [5.41, 5.74) is -0.444. The number of fused-ring (bicyclic) bond motifs is 2. The van der Waals surface area contributed by atoms with Crippen molar-refractivity contribution >= 4 is 22.4 Å². The Kier molecular flexibility index (Phi) is 12.9. The predicted molar refractivity (Wildman–Crippen MR) is 160 cm³/mol. The Morgan fingerprint density at radius 2 is 1.50 bits per heavy atom. The van der Waals surface area contributed by atoms with Gasteiger partial charge in [0.05, 0.1) is 11.5 Å². The summed E-state index contributed by atoms with van der Waals surface area (Å²) in [6, 6.07) is 6.90. The van der Waals surface area contributed by atoms with Crippen LogP contribution in [0.2, 0.25) is 36.3 Å². The number of unbranched alkanes of at least 4 members (excludes halogenated alkanes) is 3.